The summed E-state index contributed by atoms with van der Waals surface area (Å²) in [5, 5.41) is 2.75. The maximum atomic E-state index is 13.3. The summed E-state index contributed by atoms with van der Waals surface area (Å²) in [6.45, 7) is 1.70. The van der Waals surface area contributed by atoms with Gasteiger partial charge in [-0.05, 0) is 25.0 Å². The van der Waals surface area contributed by atoms with E-state index >= 15 is 0 Å². The normalized spacial score (nSPS) is 18.4. The fourth-order valence-corrected chi connectivity index (χ4v) is 4.73. The molecule has 9 heteroatoms. The van der Waals surface area contributed by atoms with Gasteiger partial charge in [-0.3, -0.25) is 4.79 Å². The van der Waals surface area contributed by atoms with Crippen molar-refractivity contribution in [2.45, 2.75) is 30.7 Å². The first kappa shape index (κ1) is 18.5. The summed E-state index contributed by atoms with van der Waals surface area (Å²) in [7, 11) is -2.04. The molecular weight excluding hydrogens is 364 g/mol. The van der Waals surface area contributed by atoms with E-state index in [0.29, 0.717) is 24.1 Å². The summed E-state index contributed by atoms with van der Waals surface area (Å²) >= 11 is 0. The van der Waals surface area contributed by atoms with Crippen molar-refractivity contribution >= 4 is 21.5 Å². The van der Waals surface area contributed by atoms with Crippen molar-refractivity contribution in [1.82, 2.24) is 9.29 Å². The van der Waals surface area contributed by atoms with Gasteiger partial charge in [0.15, 0.2) is 17.4 Å². The second-order valence-corrected chi connectivity index (χ2v) is 7.95. The predicted octanol–water partition coefficient (Wildman–Crippen LogP) is 2.21. The molecule has 1 aromatic carbocycles. The average Bonchev–Trinajstić information content (AvgIpc) is 2.92. The Morgan fingerprint density at radius 3 is 2.73 bits per heavy atom. The fourth-order valence-electron chi connectivity index (χ4n) is 3.11. The Labute approximate surface area is 150 Å². The number of anilines is 1. The molecule has 1 atom stereocenters. The topological polar surface area (TPSA) is 80.2 Å². The van der Waals surface area contributed by atoms with E-state index in [9.17, 15) is 22.0 Å². The number of fused-ring (bicyclic) bond motifs is 1. The Bertz CT molecular complexity index is 970. The van der Waals surface area contributed by atoms with Gasteiger partial charge in [0, 0.05) is 36.6 Å². The van der Waals surface area contributed by atoms with Crippen LogP contribution in [0.4, 0.5) is 14.5 Å². The van der Waals surface area contributed by atoms with E-state index in [1.165, 1.54) is 16.8 Å². The fraction of sp³-hybridized carbons (Fsp3) is 0.353. The first-order valence-electron chi connectivity index (χ1n) is 8.15. The second-order valence-electron chi connectivity index (χ2n) is 6.27. The number of hydrogen-bond acceptors (Lipinski definition) is 4. The molecular formula is C17H19F2N3O3S. The van der Waals surface area contributed by atoms with Crippen LogP contribution >= 0.6 is 0 Å². The monoisotopic (exact) mass is 383 g/mol. The zero-order chi connectivity index (χ0) is 19.1. The van der Waals surface area contributed by atoms with Crippen LogP contribution in [0.3, 0.4) is 0 Å². The number of nitrogens with one attached hydrogen (secondary N) is 2. The van der Waals surface area contributed by atoms with Crippen LogP contribution in [0, 0.1) is 11.6 Å². The van der Waals surface area contributed by atoms with Gasteiger partial charge in [0.05, 0.1) is 12.2 Å². The van der Waals surface area contributed by atoms with Crippen LogP contribution in [-0.2, 0) is 23.5 Å². The van der Waals surface area contributed by atoms with Crippen LogP contribution in [0.15, 0.2) is 29.3 Å². The number of rotatable bonds is 5. The lowest BCUT2D eigenvalue weighted by Gasteiger charge is -2.23. The zero-order valence-electron chi connectivity index (χ0n) is 14.3. The quantitative estimate of drug-likeness (QED) is 0.776. The van der Waals surface area contributed by atoms with Crippen molar-refractivity contribution < 1.29 is 22.0 Å². The highest BCUT2D eigenvalue weighted by Crippen LogP contribution is 2.29. The smallest absolute Gasteiger partial charge is 0.242 e. The SMILES string of the molecule is CCC1Cc2c(cn(C)c2C(=O)CNc2ccc(F)c(F)c2)S(=O)(=O)N1. The third kappa shape index (κ3) is 3.36. The molecule has 0 amide bonds. The number of carbonyl (C=O) groups excluding carboxylic acids is 1. The van der Waals surface area contributed by atoms with Crippen LogP contribution in [-0.4, -0.2) is 31.4 Å². The van der Waals surface area contributed by atoms with Crippen molar-refractivity contribution in [3.8, 4) is 0 Å². The number of halogens is 2. The Morgan fingerprint density at radius 1 is 1.35 bits per heavy atom. The van der Waals surface area contributed by atoms with Gasteiger partial charge in [-0.15, -0.1) is 0 Å². The number of carbonyl (C=O) groups is 1. The maximum absolute atomic E-state index is 13.3. The second kappa shape index (κ2) is 6.81. The van der Waals surface area contributed by atoms with E-state index in [1.807, 2.05) is 6.92 Å². The molecule has 2 N–H and O–H groups in total. The molecule has 0 saturated carbocycles. The number of ketones is 1. The minimum absolute atomic E-state index is 0.112. The van der Waals surface area contributed by atoms with Crippen LogP contribution in [0.25, 0.3) is 0 Å². The largest absolute Gasteiger partial charge is 0.377 e. The lowest BCUT2D eigenvalue weighted by atomic mass is 10.0. The summed E-state index contributed by atoms with van der Waals surface area (Å²) < 4.78 is 55.0. The first-order chi connectivity index (χ1) is 12.2. The van der Waals surface area contributed by atoms with Gasteiger partial charge in [-0.25, -0.2) is 21.9 Å². The Kier molecular flexibility index (Phi) is 4.85. The Balaban J connectivity index is 1.86. The summed E-state index contributed by atoms with van der Waals surface area (Å²) in [6.07, 6.45) is 2.46. The molecule has 3 rings (SSSR count). The van der Waals surface area contributed by atoms with Gasteiger partial charge in [-0.2, -0.15) is 0 Å². The van der Waals surface area contributed by atoms with Gasteiger partial charge in [0.2, 0.25) is 10.0 Å². The molecule has 1 aromatic heterocycles. The first-order valence-corrected chi connectivity index (χ1v) is 9.64. The molecule has 0 radical (unpaired) electrons. The number of nitrogens with zero attached hydrogens (tertiary/aromatic N) is 1. The van der Waals surface area contributed by atoms with Gasteiger partial charge < -0.3 is 9.88 Å². The van der Waals surface area contributed by atoms with E-state index in [2.05, 4.69) is 10.0 Å². The molecule has 0 saturated heterocycles. The number of benzene rings is 1. The molecule has 140 valence electrons. The highest BCUT2D eigenvalue weighted by molar-refractivity contribution is 7.89. The van der Waals surface area contributed by atoms with Gasteiger partial charge >= 0.3 is 0 Å². The number of aromatic nitrogens is 1. The summed E-state index contributed by atoms with van der Waals surface area (Å²) in [6, 6.07) is 3.00. The van der Waals surface area contributed by atoms with E-state index in [-0.39, 0.29) is 29.0 Å². The zero-order valence-corrected chi connectivity index (χ0v) is 15.2. The molecule has 1 unspecified atom stereocenters. The van der Waals surface area contributed by atoms with Crippen molar-refractivity contribution in [2.75, 3.05) is 11.9 Å². The van der Waals surface area contributed by atoms with Crippen molar-refractivity contribution in [1.29, 1.82) is 0 Å². The predicted molar refractivity (Wildman–Crippen MR) is 92.7 cm³/mol. The van der Waals surface area contributed by atoms with Crippen molar-refractivity contribution in [3.63, 3.8) is 0 Å². The van der Waals surface area contributed by atoms with Gasteiger partial charge in [-0.1, -0.05) is 6.92 Å². The van der Waals surface area contributed by atoms with Gasteiger partial charge in [0.25, 0.3) is 0 Å². The minimum atomic E-state index is -3.65. The highest BCUT2D eigenvalue weighted by Gasteiger charge is 2.34. The molecule has 0 bridgehead atoms. The van der Waals surface area contributed by atoms with Crippen molar-refractivity contribution in [2.24, 2.45) is 7.05 Å². The van der Waals surface area contributed by atoms with Crippen LogP contribution in [0.2, 0.25) is 0 Å². The number of Topliss-reactive ketones (excluding diaryl/α,β-unsaturated/α-hetero) is 1. The Morgan fingerprint density at radius 2 is 2.08 bits per heavy atom. The average molecular weight is 383 g/mol. The van der Waals surface area contributed by atoms with E-state index in [1.54, 1.807) is 7.05 Å². The lowest BCUT2D eigenvalue weighted by Crippen LogP contribution is -2.40. The maximum Gasteiger partial charge on any atom is 0.242 e. The molecule has 0 fully saturated rings. The Hall–Kier alpha value is -2.26. The summed E-state index contributed by atoms with van der Waals surface area (Å²) in [5.41, 5.74) is 1.06. The molecule has 1 aliphatic rings. The molecule has 0 aliphatic carbocycles. The number of hydrogen-bond donors (Lipinski definition) is 2. The summed E-state index contributed by atoms with van der Waals surface area (Å²) in [5.74, 6) is -2.31. The van der Waals surface area contributed by atoms with Crippen LogP contribution < -0.4 is 10.0 Å². The van der Waals surface area contributed by atoms with Gasteiger partial charge in [0.1, 0.15) is 4.90 Å². The number of sulfonamides is 1. The van der Waals surface area contributed by atoms with Crippen LogP contribution in [0.5, 0.6) is 0 Å². The molecule has 6 nitrogen and oxygen atoms in total. The molecule has 0 spiro atoms. The van der Waals surface area contributed by atoms with E-state index in [4.69, 9.17) is 0 Å². The highest BCUT2D eigenvalue weighted by atomic mass is 32.2. The molecule has 26 heavy (non-hydrogen) atoms. The minimum Gasteiger partial charge on any atom is -0.377 e. The van der Waals surface area contributed by atoms with E-state index < -0.39 is 21.7 Å². The molecule has 2 heterocycles. The third-order valence-corrected chi connectivity index (χ3v) is 6.01. The third-order valence-electron chi connectivity index (χ3n) is 4.44. The standard InChI is InChI=1S/C17H19F2N3O3S/c1-3-10-6-12-16(26(24,25)21-10)9-22(2)17(12)15(23)8-20-11-4-5-13(18)14(19)7-11/h4-5,7,9-10,20-21H,3,6,8H2,1-2H3. The van der Waals surface area contributed by atoms with Crippen LogP contribution in [0.1, 0.15) is 29.4 Å². The van der Waals surface area contributed by atoms with E-state index in [0.717, 1.165) is 12.1 Å². The lowest BCUT2D eigenvalue weighted by molar-refractivity contribution is 0.0997. The molecule has 1 aliphatic heterocycles. The summed E-state index contributed by atoms with van der Waals surface area (Å²) in [4.78, 5) is 12.8. The number of aryl methyl sites for hydroxylation is 1. The van der Waals surface area contributed by atoms with Crippen molar-refractivity contribution in [3.05, 3.63) is 47.3 Å². The molecule has 2 aromatic rings.